The Morgan fingerprint density at radius 2 is 1.60 bits per heavy atom. The summed E-state index contributed by atoms with van der Waals surface area (Å²) in [6.45, 7) is 5.98. The van der Waals surface area contributed by atoms with Gasteiger partial charge in [0, 0.05) is 31.9 Å². The zero-order valence-electron chi connectivity index (χ0n) is 16.9. The third-order valence-electron chi connectivity index (χ3n) is 4.47. The molecule has 0 aliphatic carbocycles. The molecule has 164 valence electrons. The Balaban J connectivity index is 2.17. The average molecular weight is 425 g/mol. The monoisotopic (exact) mass is 425 g/mol. The number of carbonyl (C=O) groups excluding carboxylic acids is 3. The summed E-state index contributed by atoms with van der Waals surface area (Å²) in [5.74, 6) is -1.61. The number of non-ortho nitro benzene ring substituents is 1. The second-order valence-electron chi connectivity index (χ2n) is 6.68. The minimum absolute atomic E-state index is 0.00221. The molecule has 30 heavy (non-hydrogen) atoms. The van der Waals surface area contributed by atoms with Gasteiger partial charge in [-0.1, -0.05) is 13.8 Å². The average Bonchev–Trinajstić information content (AvgIpc) is 2.66. The molecular formula is C19H23NO10. The summed E-state index contributed by atoms with van der Waals surface area (Å²) >= 11 is 0. The molecule has 0 aromatic heterocycles. The van der Waals surface area contributed by atoms with Gasteiger partial charge in [-0.25, -0.2) is 4.79 Å². The topological polar surface area (TPSA) is 141 Å². The highest BCUT2D eigenvalue weighted by Crippen LogP contribution is 2.33. The zero-order valence-corrected chi connectivity index (χ0v) is 16.9. The molecule has 1 fully saturated rings. The number of nitro groups is 1. The first-order chi connectivity index (χ1) is 14.1. The van der Waals surface area contributed by atoms with Crippen LogP contribution in [0.2, 0.25) is 0 Å². The van der Waals surface area contributed by atoms with Gasteiger partial charge in [0.2, 0.25) is 12.4 Å². The Kier molecular flexibility index (Phi) is 7.70. The van der Waals surface area contributed by atoms with Crippen LogP contribution in [0.3, 0.4) is 0 Å². The summed E-state index contributed by atoms with van der Waals surface area (Å²) in [5.41, 5.74) is -0.176. The van der Waals surface area contributed by atoms with Crippen molar-refractivity contribution in [1.82, 2.24) is 0 Å². The second kappa shape index (κ2) is 10.0. The number of hydrogen-bond acceptors (Lipinski definition) is 10. The Morgan fingerprint density at radius 1 is 1.03 bits per heavy atom. The molecule has 0 N–H and O–H groups in total. The molecule has 11 heteroatoms. The number of carbonyl (C=O) groups is 3. The van der Waals surface area contributed by atoms with Crippen LogP contribution >= 0.6 is 0 Å². The lowest BCUT2D eigenvalue weighted by Gasteiger charge is -2.43. The van der Waals surface area contributed by atoms with E-state index in [0.717, 1.165) is 19.1 Å². The predicted octanol–water partition coefficient (Wildman–Crippen LogP) is 2.74. The van der Waals surface area contributed by atoms with Crippen molar-refractivity contribution in [3.63, 3.8) is 0 Å². The lowest BCUT2D eigenvalue weighted by Crippen LogP contribution is -2.57. The number of benzene rings is 1. The van der Waals surface area contributed by atoms with Crippen molar-refractivity contribution in [2.45, 2.75) is 58.7 Å². The van der Waals surface area contributed by atoms with Crippen molar-refractivity contribution in [3.8, 4) is 5.75 Å². The number of nitrogens with zero attached hydrogens (tertiary/aromatic N) is 1. The van der Waals surface area contributed by atoms with Crippen molar-refractivity contribution in [2.75, 3.05) is 0 Å². The van der Waals surface area contributed by atoms with Crippen molar-refractivity contribution in [1.29, 1.82) is 0 Å². The van der Waals surface area contributed by atoms with E-state index < -0.39 is 47.6 Å². The summed E-state index contributed by atoms with van der Waals surface area (Å²) in [5, 5.41) is 10.7. The highest BCUT2D eigenvalue weighted by Gasteiger charge is 2.49. The molecule has 0 spiro atoms. The van der Waals surface area contributed by atoms with Crippen LogP contribution in [0.5, 0.6) is 5.75 Å². The van der Waals surface area contributed by atoms with Gasteiger partial charge in [-0.05, 0) is 18.6 Å². The SMILES string of the molecule is CC[C@H]1OC(OC(=O)Oc2ccc([N+](=O)[O-])cc2)[C@H](OC(C)=O)[C@@H](OC(C)=O)[C@@H]1C. The maximum absolute atomic E-state index is 12.2. The van der Waals surface area contributed by atoms with Crippen LogP contribution in [0.1, 0.15) is 34.1 Å². The van der Waals surface area contributed by atoms with Gasteiger partial charge in [0.25, 0.3) is 5.69 Å². The normalized spacial score (nSPS) is 25.7. The summed E-state index contributed by atoms with van der Waals surface area (Å²) in [6.07, 6.45) is -4.60. The van der Waals surface area contributed by atoms with E-state index in [0.29, 0.717) is 6.42 Å². The Morgan fingerprint density at radius 3 is 2.10 bits per heavy atom. The van der Waals surface area contributed by atoms with Crippen molar-refractivity contribution in [3.05, 3.63) is 34.4 Å². The predicted molar refractivity (Wildman–Crippen MR) is 99.4 cm³/mol. The number of rotatable bonds is 6. The van der Waals surface area contributed by atoms with Crippen molar-refractivity contribution >= 4 is 23.8 Å². The standard InChI is InChI=1S/C19H23NO10/c1-5-15-10(2)16(26-11(3)21)17(27-12(4)22)18(29-15)30-19(23)28-14-8-6-13(7-9-14)20(24)25/h6-10,15-18H,5H2,1-4H3/t10-,15-,16+,17-,18?/m1/s1. The Labute approximate surface area is 172 Å². The molecule has 2 rings (SSSR count). The first kappa shape index (κ1) is 23.1. The van der Waals surface area contributed by atoms with Gasteiger partial charge in [-0.2, -0.15) is 0 Å². The van der Waals surface area contributed by atoms with Crippen LogP contribution in [0, 0.1) is 16.0 Å². The van der Waals surface area contributed by atoms with Gasteiger partial charge in [0.1, 0.15) is 11.9 Å². The Bertz CT molecular complexity index is 793. The largest absolute Gasteiger partial charge is 0.516 e. The molecule has 1 aliphatic heterocycles. The molecule has 1 heterocycles. The number of esters is 2. The molecule has 11 nitrogen and oxygen atoms in total. The fraction of sp³-hybridized carbons (Fsp3) is 0.526. The van der Waals surface area contributed by atoms with E-state index in [1.54, 1.807) is 6.92 Å². The fourth-order valence-corrected chi connectivity index (χ4v) is 3.13. The summed E-state index contributed by atoms with van der Waals surface area (Å²) in [4.78, 5) is 45.4. The maximum atomic E-state index is 12.2. The molecule has 1 aromatic rings. The zero-order chi connectivity index (χ0) is 22.4. The van der Waals surface area contributed by atoms with Gasteiger partial charge < -0.3 is 23.7 Å². The lowest BCUT2D eigenvalue weighted by atomic mass is 9.89. The molecule has 1 saturated heterocycles. The minimum atomic E-state index is -1.38. The molecule has 0 amide bonds. The summed E-state index contributed by atoms with van der Waals surface area (Å²) in [6, 6.07) is 4.77. The second-order valence-corrected chi connectivity index (χ2v) is 6.68. The van der Waals surface area contributed by atoms with E-state index in [9.17, 15) is 24.5 Å². The molecule has 0 saturated carbocycles. The quantitative estimate of drug-likeness (QED) is 0.220. The highest BCUT2D eigenvalue weighted by molar-refractivity contribution is 5.68. The maximum Gasteiger partial charge on any atom is 0.516 e. The lowest BCUT2D eigenvalue weighted by molar-refractivity contribution is -0.384. The van der Waals surface area contributed by atoms with Crippen LogP contribution in [0.25, 0.3) is 0 Å². The highest BCUT2D eigenvalue weighted by atomic mass is 16.8. The van der Waals surface area contributed by atoms with Crippen molar-refractivity contribution < 1.29 is 43.0 Å². The van der Waals surface area contributed by atoms with Crippen LogP contribution in [0.15, 0.2) is 24.3 Å². The van der Waals surface area contributed by atoms with E-state index in [1.165, 1.54) is 19.1 Å². The Hall–Kier alpha value is -3.21. The third kappa shape index (κ3) is 5.89. The molecule has 1 aromatic carbocycles. The minimum Gasteiger partial charge on any atom is -0.458 e. The fourth-order valence-electron chi connectivity index (χ4n) is 3.13. The summed E-state index contributed by atoms with van der Waals surface area (Å²) in [7, 11) is 0. The van der Waals surface area contributed by atoms with Gasteiger partial charge >= 0.3 is 18.1 Å². The van der Waals surface area contributed by atoms with Gasteiger partial charge in [0.05, 0.1) is 11.0 Å². The van der Waals surface area contributed by atoms with Gasteiger partial charge in [-0.15, -0.1) is 0 Å². The van der Waals surface area contributed by atoms with Gasteiger partial charge in [0.15, 0.2) is 0 Å². The van der Waals surface area contributed by atoms with Crippen LogP contribution in [-0.2, 0) is 28.5 Å². The van der Waals surface area contributed by atoms with Crippen LogP contribution in [-0.4, -0.2) is 47.6 Å². The molecule has 0 bridgehead atoms. The first-order valence-electron chi connectivity index (χ1n) is 9.25. The van der Waals surface area contributed by atoms with E-state index >= 15 is 0 Å². The third-order valence-corrected chi connectivity index (χ3v) is 4.47. The summed E-state index contributed by atoms with van der Waals surface area (Å²) < 4.78 is 26.5. The molecular weight excluding hydrogens is 402 g/mol. The van der Waals surface area contributed by atoms with Crippen molar-refractivity contribution in [2.24, 2.45) is 5.92 Å². The smallest absolute Gasteiger partial charge is 0.458 e. The van der Waals surface area contributed by atoms with Gasteiger partial charge in [-0.3, -0.25) is 19.7 Å². The number of ether oxygens (including phenoxy) is 5. The number of hydrogen-bond donors (Lipinski definition) is 0. The van der Waals surface area contributed by atoms with E-state index in [4.69, 9.17) is 23.7 Å². The van der Waals surface area contributed by atoms with Crippen LogP contribution < -0.4 is 4.74 Å². The molecule has 0 radical (unpaired) electrons. The number of nitro benzene ring substituents is 1. The molecule has 5 atom stereocenters. The van der Waals surface area contributed by atoms with Crippen LogP contribution in [0.4, 0.5) is 10.5 Å². The molecule has 1 unspecified atom stereocenters. The van der Waals surface area contributed by atoms with E-state index in [-0.39, 0.29) is 17.4 Å². The molecule has 1 aliphatic rings. The van der Waals surface area contributed by atoms with E-state index in [1.807, 2.05) is 6.92 Å². The van der Waals surface area contributed by atoms with E-state index in [2.05, 4.69) is 0 Å². The first-order valence-corrected chi connectivity index (χ1v) is 9.25.